The highest BCUT2D eigenvalue weighted by molar-refractivity contribution is 6.00. The second kappa shape index (κ2) is 7.12. The minimum atomic E-state index is -0.507. The largest absolute Gasteiger partial charge is 0.396 e. The monoisotopic (exact) mass is 417 g/mol. The summed E-state index contributed by atoms with van der Waals surface area (Å²) >= 11 is 0. The average Bonchev–Trinajstić information content (AvgIpc) is 3.45. The van der Waals surface area contributed by atoms with Crippen LogP contribution in [-0.2, 0) is 11.8 Å². The first kappa shape index (κ1) is 19.1. The molecule has 2 atom stereocenters. The molecular formula is C22H20FN7O. The molecule has 1 fully saturated rings. The van der Waals surface area contributed by atoms with E-state index in [9.17, 15) is 9.18 Å². The number of carbonyl (C=O) groups excluding carboxylic acids is 1. The van der Waals surface area contributed by atoms with Gasteiger partial charge in [-0.3, -0.25) is 14.5 Å². The summed E-state index contributed by atoms with van der Waals surface area (Å²) in [6, 6.07) is 5.23. The number of hydrogen-bond acceptors (Lipinski definition) is 6. The molecule has 1 aliphatic carbocycles. The van der Waals surface area contributed by atoms with Crippen LogP contribution in [0.3, 0.4) is 0 Å². The number of pyridine rings is 2. The van der Waals surface area contributed by atoms with E-state index in [4.69, 9.17) is 5.73 Å². The lowest BCUT2D eigenvalue weighted by Crippen LogP contribution is -2.15. The number of halogens is 1. The van der Waals surface area contributed by atoms with Gasteiger partial charge in [0.25, 0.3) is 0 Å². The maximum atomic E-state index is 15.0. The van der Waals surface area contributed by atoms with Gasteiger partial charge in [-0.25, -0.2) is 9.37 Å². The summed E-state index contributed by atoms with van der Waals surface area (Å²) in [6.45, 7) is 1.89. The summed E-state index contributed by atoms with van der Waals surface area (Å²) in [6.07, 6.45) is 7.30. The third-order valence-electron chi connectivity index (χ3n) is 5.71. The van der Waals surface area contributed by atoms with E-state index < -0.39 is 5.82 Å². The number of amides is 1. The highest BCUT2D eigenvalue weighted by Crippen LogP contribution is 2.47. The van der Waals surface area contributed by atoms with Crippen LogP contribution in [0.1, 0.15) is 23.6 Å². The van der Waals surface area contributed by atoms with Crippen molar-refractivity contribution in [2.45, 2.75) is 19.3 Å². The van der Waals surface area contributed by atoms with Crippen molar-refractivity contribution in [1.82, 2.24) is 25.0 Å². The first-order chi connectivity index (χ1) is 14.9. The van der Waals surface area contributed by atoms with Crippen molar-refractivity contribution in [3.05, 3.63) is 60.1 Å². The molecule has 31 heavy (non-hydrogen) atoms. The molecule has 0 spiro atoms. The summed E-state index contributed by atoms with van der Waals surface area (Å²) in [5.74, 6) is -0.338. The Morgan fingerprint density at radius 1 is 1.29 bits per heavy atom. The molecule has 3 heterocycles. The summed E-state index contributed by atoms with van der Waals surface area (Å²) in [7, 11) is 1.79. The van der Waals surface area contributed by atoms with Crippen LogP contribution in [0.4, 0.5) is 15.9 Å². The molecule has 0 saturated heterocycles. The Labute approximate surface area is 177 Å². The molecule has 5 rings (SSSR count). The average molecular weight is 417 g/mol. The number of fused-ring (bicyclic) bond motifs is 1. The van der Waals surface area contributed by atoms with E-state index in [1.165, 1.54) is 6.20 Å². The zero-order valence-electron chi connectivity index (χ0n) is 17.0. The van der Waals surface area contributed by atoms with E-state index in [1.807, 2.05) is 19.2 Å². The van der Waals surface area contributed by atoms with E-state index in [0.717, 1.165) is 17.7 Å². The maximum absolute atomic E-state index is 15.0. The highest BCUT2D eigenvalue weighted by atomic mass is 19.1. The summed E-state index contributed by atoms with van der Waals surface area (Å²) < 4.78 is 16.6. The van der Waals surface area contributed by atoms with Crippen molar-refractivity contribution in [3.63, 3.8) is 0 Å². The lowest BCUT2D eigenvalue weighted by Gasteiger charge is -2.12. The number of aryl methyl sites for hydroxylation is 2. The van der Waals surface area contributed by atoms with Crippen molar-refractivity contribution in [1.29, 1.82) is 0 Å². The van der Waals surface area contributed by atoms with Gasteiger partial charge in [0.2, 0.25) is 5.91 Å². The van der Waals surface area contributed by atoms with Gasteiger partial charge in [0.1, 0.15) is 5.82 Å². The van der Waals surface area contributed by atoms with Gasteiger partial charge in [0.05, 0.1) is 11.4 Å². The number of carbonyl (C=O) groups is 1. The second-order valence-corrected chi connectivity index (χ2v) is 7.89. The van der Waals surface area contributed by atoms with E-state index in [0.29, 0.717) is 27.7 Å². The Kier molecular flexibility index (Phi) is 4.39. The molecule has 1 aromatic carbocycles. The van der Waals surface area contributed by atoms with Gasteiger partial charge in [-0.15, -0.1) is 5.10 Å². The SMILES string of the molecule is Cc1ccncc1-c1cc2cc(NC(=O)[C@@H]3C[C@H]3c3cn(C)nn3)ncc2c(N)c1F. The molecule has 156 valence electrons. The molecule has 4 aromatic rings. The molecule has 1 aliphatic rings. The van der Waals surface area contributed by atoms with Crippen LogP contribution >= 0.6 is 0 Å². The van der Waals surface area contributed by atoms with Crippen LogP contribution < -0.4 is 11.1 Å². The normalized spacial score (nSPS) is 17.6. The number of anilines is 2. The Bertz CT molecular complexity index is 1330. The van der Waals surface area contributed by atoms with Gasteiger partial charge < -0.3 is 11.1 Å². The molecule has 8 nitrogen and oxygen atoms in total. The fraction of sp³-hybridized carbons (Fsp3) is 0.227. The number of rotatable bonds is 4. The van der Waals surface area contributed by atoms with Crippen LogP contribution in [0.25, 0.3) is 21.9 Å². The second-order valence-electron chi connectivity index (χ2n) is 7.89. The molecule has 0 unspecified atom stereocenters. The van der Waals surface area contributed by atoms with Gasteiger partial charge in [0, 0.05) is 60.2 Å². The van der Waals surface area contributed by atoms with E-state index in [-0.39, 0.29) is 23.4 Å². The van der Waals surface area contributed by atoms with E-state index in [1.54, 1.807) is 36.3 Å². The standard InChI is InChI=1S/C22H20FN7O/c1-11-3-4-25-8-16(11)14-5-12-6-19(26-9-17(12)21(24)20(14)23)27-22(31)15-7-13(15)18-10-30(2)29-28-18/h3-6,8-10,13,15H,7,24H2,1-2H3,(H,26,27,31)/t13-,15-/m1/s1. The van der Waals surface area contributed by atoms with E-state index >= 15 is 0 Å². The zero-order valence-corrected chi connectivity index (χ0v) is 17.0. The lowest BCUT2D eigenvalue weighted by molar-refractivity contribution is -0.117. The molecule has 0 aliphatic heterocycles. The summed E-state index contributed by atoms with van der Waals surface area (Å²) in [5, 5.41) is 12.0. The number of hydrogen-bond donors (Lipinski definition) is 2. The Morgan fingerprint density at radius 3 is 2.87 bits per heavy atom. The predicted octanol–water partition coefficient (Wildman–Crippen LogP) is 3.20. The van der Waals surface area contributed by atoms with Gasteiger partial charge in [-0.1, -0.05) is 5.21 Å². The van der Waals surface area contributed by atoms with Crippen LogP contribution in [-0.4, -0.2) is 30.9 Å². The van der Waals surface area contributed by atoms with Gasteiger partial charge in [-0.2, -0.15) is 0 Å². The predicted molar refractivity (Wildman–Crippen MR) is 115 cm³/mol. The molecular weight excluding hydrogens is 397 g/mol. The van der Waals surface area contributed by atoms with Crippen molar-refractivity contribution in [3.8, 4) is 11.1 Å². The quantitative estimate of drug-likeness (QED) is 0.493. The molecule has 0 bridgehead atoms. The summed E-state index contributed by atoms with van der Waals surface area (Å²) in [5.41, 5.74) is 8.82. The third-order valence-corrected chi connectivity index (χ3v) is 5.71. The van der Waals surface area contributed by atoms with Gasteiger partial charge in [0.15, 0.2) is 5.82 Å². The molecule has 0 radical (unpaired) electrons. The smallest absolute Gasteiger partial charge is 0.229 e. The highest BCUT2D eigenvalue weighted by Gasteiger charge is 2.45. The maximum Gasteiger partial charge on any atom is 0.229 e. The van der Waals surface area contributed by atoms with E-state index in [2.05, 4.69) is 25.6 Å². The lowest BCUT2D eigenvalue weighted by atomic mass is 9.98. The van der Waals surface area contributed by atoms with Gasteiger partial charge >= 0.3 is 0 Å². The minimum absolute atomic E-state index is 0.0195. The Hall–Kier alpha value is -3.88. The van der Waals surface area contributed by atoms with Crippen LogP contribution in [0.5, 0.6) is 0 Å². The van der Waals surface area contributed by atoms with Crippen molar-refractivity contribution in [2.24, 2.45) is 13.0 Å². The topological polar surface area (TPSA) is 112 Å². The number of nitrogens with zero attached hydrogens (tertiary/aromatic N) is 5. The van der Waals surface area contributed by atoms with Crippen LogP contribution in [0.15, 0.2) is 43.0 Å². The minimum Gasteiger partial charge on any atom is -0.396 e. The number of nitrogens with one attached hydrogen (secondary N) is 1. The number of nitrogens with two attached hydrogens (primary N) is 1. The molecule has 3 N–H and O–H groups in total. The number of aromatic nitrogens is 5. The van der Waals surface area contributed by atoms with Crippen molar-refractivity contribution in [2.75, 3.05) is 11.1 Å². The van der Waals surface area contributed by atoms with Crippen molar-refractivity contribution >= 4 is 28.2 Å². The van der Waals surface area contributed by atoms with Crippen LogP contribution in [0.2, 0.25) is 0 Å². The number of nitrogen functional groups attached to an aromatic ring is 1. The Morgan fingerprint density at radius 2 is 2.13 bits per heavy atom. The third kappa shape index (κ3) is 3.37. The van der Waals surface area contributed by atoms with Crippen molar-refractivity contribution < 1.29 is 9.18 Å². The fourth-order valence-corrected chi connectivity index (χ4v) is 3.87. The van der Waals surface area contributed by atoms with Gasteiger partial charge in [-0.05, 0) is 42.5 Å². The molecule has 1 saturated carbocycles. The molecule has 1 amide bonds. The number of benzene rings is 1. The zero-order chi connectivity index (χ0) is 21.7. The van der Waals surface area contributed by atoms with Crippen LogP contribution in [0, 0.1) is 18.7 Å². The molecule has 9 heteroatoms. The Balaban J connectivity index is 1.44. The summed E-state index contributed by atoms with van der Waals surface area (Å²) in [4.78, 5) is 21.0. The first-order valence-electron chi connectivity index (χ1n) is 9.88. The molecule has 3 aromatic heterocycles. The fourth-order valence-electron chi connectivity index (χ4n) is 3.87. The first-order valence-corrected chi connectivity index (χ1v) is 9.88.